The minimum Gasteiger partial charge on any atom is -0.326 e. The molecule has 0 saturated carbocycles. The van der Waals surface area contributed by atoms with Gasteiger partial charge in [-0.2, -0.15) is 0 Å². The van der Waals surface area contributed by atoms with Crippen molar-refractivity contribution < 1.29 is 0 Å². The van der Waals surface area contributed by atoms with E-state index < -0.39 is 0 Å². The fraction of sp³-hybridized carbons (Fsp3) is 0.667. The first kappa shape index (κ1) is 6.17. The zero-order valence-corrected chi connectivity index (χ0v) is 5.92. The first-order valence-electron chi connectivity index (χ1n) is 2.86. The van der Waals surface area contributed by atoms with Gasteiger partial charge in [0.2, 0.25) is 0 Å². The van der Waals surface area contributed by atoms with Gasteiger partial charge < -0.3 is 5.73 Å². The van der Waals surface area contributed by atoms with Crippen molar-refractivity contribution in [2.45, 2.75) is 13.3 Å². The van der Waals surface area contributed by atoms with Crippen LogP contribution in [-0.4, -0.2) is 12.3 Å². The number of allylic oxidation sites excluding steroid dienone is 1. The van der Waals surface area contributed by atoms with Gasteiger partial charge in [-0.05, 0) is 18.2 Å². The van der Waals surface area contributed by atoms with Crippen molar-refractivity contribution in [2.24, 2.45) is 5.73 Å². The molecule has 0 amide bonds. The van der Waals surface area contributed by atoms with Crippen molar-refractivity contribution in [3.8, 4) is 0 Å². The van der Waals surface area contributed by atoms with E-state index in [4.69, 9.17) is 5.73 Å². The molecule has 1 aliphatic rings. The number of rotatable bonds is 1. The molecule has 1 nitrogen and oxygen atoms in total. The van der Waals surface area contributed by atoms with Crippen molar-refractivity contribution in [2.75, 3.05) is 12.3 Å². The first-order chi connectivity index (χ1) is 3.84. The lowest BCUT2D eigenvalue weighted by atomic mass is 10.2. The molecule has 0 unspecified atom stereocenters. The smallest absolute Gasteiger partial charge is 0.0238 e. The Kier molecular flexibility index (Phi) is 1.97. The van der Waals surface area contributed by atoms with Crippen LogP contribution in [0.4, 0.5) is 0 Å². The quantitative estimate of drug-likeness (QED) is 0.578. The van der Waals surface area contributed by atoms with Gasteiger partial charge in [0.25, 0.3) is 0 Å². The van der Waals surface area contributed by atoms with E-state index in [2.05, 4.69) is 6.92 Å². The molecule has 1 heterocycles. The summed E-state index contributed by atoms with van der Waals surface area (Å²) in [5.41, 5.74) is 6.94. The average molecular weight is 129 g/mol. The summed E-state index contributed by atoms with van der Waals surface area (Å²) >= 11 is 1.91. The van der Waals surface area contributed by atoms with E-state index in [-0.39, 0.29) is 0 Å². The standard InChI is InChI=1S/C6H11NS/c1-5-2-3-8-6(5)4-7/h2-4,7H2,1H3. The third kappa shape index (κ3) is 1.06. The van der Waals surface area contributed by atoms with Crippen molar-refractivity contribution in [1.82, 2.24) is 0 Å². The van der Waals surface area contributed by atoms with Crippen molar-refractivity contribution in [3.05, 3.63) is 10.5 Å². The van der Waals surface area contributed by atoms with Crippen LogP contribution in [0.15, 0.2) is 10.5 Å². The molecule has 1 rings (SSSR count). The molecule has 0 radical (unpaired) electrons. The molecule has 0 aliphatic carbocycles. The molecule has 0 aromatic rings. The number of hydrogen-bond donors (Lipinski definition) is 1. The lowest BCUT2D eigenvalue weighted by molar-refractivity contribution is 1.10. The molecule has 1 aliphatic heterocycles. The number of hydrogen-bond acceptors (Lipinski definition) is 2. The Labute approximate surface area is 54.3 Å². The van der Waals surface area contributed by atoms with Gasteiger partial charge in [0.05, 0.1) is 0 Å². The maximum atomic E-state index is 5.45. The summed E-state index contributed by atoms with van der Waals surface area (Å²) in [5, 5.41) is 0. The van der Waals surface area contributed by atoms with Crippen LogP contribution in [0.25, 0.3) is 0 Å². The van der Waals surface area contributed by atoms with Gasteiger partial charge in [-0.15, -0.1) is 11.8 Å². The summed E-state index contributed by atoms with van der Waals surface area (Å²) in [7, 11) is 0. The Morgan fingerprint density at radius 1 is 1.75 bits per heavy atom. The third-order valence-electron chi connectivity index (χ3n) is 1.41. The van der Waals surface area contributed by atoms with Crippen molar-refractivity contribution in [1.29, 1.82) is 0 Å². The minimum atomic E-state index is 0.747. The highest BCUT2D eigenvalue weighted by Crippen LogP contribution is 2.29. The summed E-state index contributed by atoms with van der Waals surface area (Å²) in [6.45, 7) is 2.92. The highest BCUT2D eigenvalue weighted by Gasteiger charge is 2.07. The van der Waals surface area contributed by atoms with Gasteiger partial charge in [-0.3, -0.25) is 0 Å². The molecule has 0 spiro atoms. The Balaban J connectivity index is 2.58. The Morgan fingerprint density at radius 2 is 2.50 bits per heavy atom. The topological polar surface area (TPSA) is 26.0 Å². The van der Waals surface area contributed by atoms with Gasteiger partial charge in [-0.25, -0.2) is 0 Å². The predicted octanol–water partition coefficient (Wildman–Crippen LogP) is 1.36. The number of nitrogens with two attached hydrogens (primary N) is 1. The molecule has 0 aromatic carbocycles. The van der Waals surface area contributed by atoms with Gasteiger partial charge in [0.1, 0.15) is 0 Å². The highest BCUT2D eigenvalue weighted by molar-refractivity contribution is 8.03. The van der Waals surface area contributed by atoms with Crippen LogP contribution in [0, 0.1) is 0 Å². The fourth-order valence-corrected chi connectivity index (χ4v) is 1.94. The SMILES string of the molecule is CC1=C(CN)SCC1. The number of thioether (sulfide) groups is 1. The summed E-state index contributed by atoms with van der Waals surface area (Å²) in [6, 6.07) is 0. The van der Waals surface area contributed by atoms with Gasteiger partial charge in [0.15, 0.2) is 0 Å². The van der Waals surface area contributed by atoms with Crippen LogP contribution in [0.1, 0.15) is 13.3 Å². The Hall–Kier alpha value is 0.0500. The summed E-state index contributed by atoms with van der Waals surface area (Å²) in [4.78, 5) is 1.41. The Morgan fingerprint density at radius 3 is 2.75 bits per heavy atom. The van der Waals surface area contributed by atoms with Crippen LogP contribution >= 0.6 is 11.8 Å². The average Bonchev–Trinajstić information content (AvgIpc) is 2.14. The monoisotopic (exact) mass is 129 g/mol. The van der Waals surface area contributed by atoms with E-state index >= 15 is 0 Å². The molecule has 2 heteroatoms. The van der Waals surface area contributed by atoms with Crippen LogP contribution in [0.2, 0.25) is 0 Å². The molecular weight excluding hydrogens is 118 g/mol. The molecule has 0 fully saturated rings. The van der Waals surface area contributed by atoms with Crippen LogP contribution in [0.3, 0.4) is 0 Å². The molecule has 2 N–H and O–H groups in total. The predicted molar refractivity (Wildman–Crippen MR) is 38.8 cm³/mol. The maximum absolute atomic E-state index is 5.45. The van der Waals surface area contributed by atoms with E-state index in [9.17, 15) is 0 Å². The zero-order chi connectivity index (χ0) is 5.98. The zero-order valence-electron chi connectivity index (χ0n) is 5.11. The van der Waals surface area contributed by atoms with Crippen LogP contribution < -0.4 is 5.73 Å². The normalized spacial score (nSPS) is 20.2. The van der Waals surface area contributed by atoms with Crippen LogP contribution in [0.5, 0.6) is 0 Å². The van der Waals surface area contributed by atoms with E-state index in [1.165, 1.54) is 22.7 Å². The minimum absolute atomic E-state index is 0.747. The molecule has 0 saturated heterocycles. The molecule has 8 heavy (non-hydrogen) atoms. The van der Waals surface area contributed by atoms with Gasteiger partial charge >= 0.3 is 0 Å². The summed E-state index contributed by atoms with van der Waals surface area (Å²) in [5.74, 6) is 1.25. The largest absolute Gasteiger partial charge is 0.326 e. The second-order valence-electron chi connectivity index (χ2n) is 2.01. The Bertz CT molecular complexity index is 118. The van der Waals surface area contributed by atoms with Crippen LogP contribution in [-0.2, 0) is 0 Å². The molecular formula is C6H11NS. The van der Waals surface area contributed by atoms with Gasteiger partial charge in [-0.1, -0.05) is 5.57 Å². The van der Waals surface area contributed by atoms with Gasteiger partial charge in [0, 0.05) is 12.3 Å². The first-order valence-corrected chi connectivity index (χ1v) is 3.84. The van der Waals surface area contributed by atoms with Crippen molar-refractivity contribution in [3.63, 3.8) is 0 Å². The fourth-order valence-electron chi connectivity index (χ4n) is 0.823. The third-order valence-corrected chi connectivity index (χ3v) is 2.69. The molecule has 0 bridgehead atoms. The molecule has 0 atom stereocenters. The highest BCUT2D eigenvalue weighted by atomic mass is 32.2. The maximum Gasteiger partial charge on any atom is 0.0238 e. The molecule has 0 aromatic heterocycles. The van der Waals surface area contributed by atoms with E-state index in [0.717, 1.165) is 6.54 Å². The van der Waals surface area contributed by atoms with E-state index in [1.54, 1.807) is 0 Å². The lowest BCUT2D eigenvalue weighted by Gasteiger charge is -1.93. The summed E-state index contributed by atoms with van der Waals surface area (Å²) < 4.78 is 0. The molecule has 46 valence electrons. The second-order valence-corrected chi connectivity index (χ2v) is 3.20. The van der Waals surface area contributed by atoms with E-state index in [0.29, 0.717) is 0 Å². The van der Waals surface area contributed by atoms with Crippen molar-refractivity contribution >= 4 is 11.8 Å². The summed E-state index contributed by atoms with van der Waals surface area (Å²) in [6.07, 6.45) is 1.25. The second kappa shape index (κ2) is 2.55. The lowest BCUT2D eigenvalue weighted by Crippen LogP contribution is -1.99. The van der Waals surface area contributed by atoms with E-state index in [1.807, 2.05) is 11.8 Å².